The fourth-order valence-corrected chi connectivity index (χ4v) is 3.37. The number of nitro benzene ring substituents is 1. The first-order valence-electron chi connectivity index (χ1n) is 9.45. The summed E-state index contributed by atoms with van der Waals surface area (Å²) in [5, 5.41) is 14.8. The minimum Gasteiger partial charge on any atom is -0.322 e. The second-order valence-corrected chi connectivity index (χ2v) is 7.15. The maximum atomic E-state index is 13.2. The van der Waals surface area contributed by atoms with E-state index in [2.05, 4.69) is 5.32 Å². The number of aromatic nitrogens is 1. The summed E-state index contributed by atoms with van der Waals surface area (Å²) in [4.78, 5) is 28.7. The predicted octanol–water partition coefficient (Wildman–Crippen LogP) is 5.68. The van der Waals surface area contributed by atoms with Crippen LogP contribution in [0.2, 0.25) is 0 Å². The minimum absolute atomic E-state index is 0.0341. The van der Waals surface area contributed by atoms with Gasteiger partial charge in [-0.15, -0.1) is 0 Å². The Balaban J connectivity index is 1.80. The van der Waals surface area contributed by atoms with E-state index in [9.17, 15) is 14.9 Å². The molecule has 0 atom stereocenters. The van der Waals surface area contributed by atoms with E-state index in [-0.39, 0.29) is 11.6 Å². The normalized spacial score (nSPS) is 10.7. The Bertz CT molecular complexity index is 1280. The van der Waals surface area contributed by atoms with E-state index in [1.807, 2.05) is 55.5 Å². The number of pyridine rings is 1. The van der Waals surface area contributed by atoms with Gasteiger partial charge in [0.25, 0.3) is 11.6 Å². The van der Waals surface area contributed by atoms with Crippen molar-refractivity contribution in [3.8, 4) is 11.3 Å². The van der Waals surface area contributed by atoms with Crippen molar-refractivity contribution < 1.29 is 9.72 Å². The largest absolute Gasteiger partial charge is 0.322 e. The molecule has 1 amide bonds. The molecule has 30 heavy (non-hydrogen) atoms. The van der Waals surface area contributed by atoms with Gasteiger partial charge < -0.3 is 5.32 Å². The lowest BCUT2D eigenvalue weighted by Crippen LogP contribution is -2.13. The summed E-state index contributed by atoms with van der Waals surface area (Å²) in [6.07, 6.45) is 0. The number of nitro groups is 1. The third-order valence-corrected chi connectivity index (χ3v) is 4.94. The first kappa shape index (κ1) is 19.3. The van der Waals surface area contributed by atoms with Gasteiger partial charge in [0.2, 0.25) is 0 Å². The number of hydrogen-bond acceptors (Lipinski definition) is 4. The Morgan fingerprint density at radius 2 is 1.73 bits per heavy atom. The number of aryl methyl sites for hydroxylation is 2. The van der Waals surface area contributed by atoms with Crippen LogP contribution in [0.3, 0.4) is 0 Å². The molecular formula is C24H19N3O3. The Labute approximate surface area is 173 Å². The molecule has 0 saturated carbocycles. The first-order chi connectivity index (χ1) is 14.4. The molecule has 6 heteroatoms. The number of nitrogens with zero attached hydrogens (tertiary/aromatic N) is 2. The van der Waals surface area contributed by atoms with Gasteiger partial charge >= 0.3 is 0 Å². The summed E-state index contributed by atoms with van der Waals surface area (Å²) in [5.41, 5.74) is 4.65. The van der Waals surface area contributed by atoms with E-state index in [0.717, 1.165) is 16.5 Å². The molecule has 1 N–H and O–H groups in total. The molecule has 0 aliphatic rings. The highest BCUT2D eigenvalue weighted by molar-refractivity contribution is 6.13. The quantitative estimate of drug-likeness (QED) is 0.355. The molecule has 1 heterocycles. The van der Waals surface area contributed by atoms with Gasteiger partial charge in [-0.05, 0) is 38.1 Å². The van der Waals surface area contributed by atoms with Gasteiger partial charge in [0, 0.05) is 28.3 Å². The Morgan fingerprint density at radius 3 is 2.47 bits per heavy atom. The molecular weight excluding hydrogens is 378 g/mol. The standard InChI is InChI=1S/C24H19N3O3/c1-15-8-11-21-19(12-15)20(14-22(26-21)17-6-4-3-5-7-17)24(28)25-18-10-9-16(2)23(13-18)27(29)30/h3-14H,1-2H3,(H,25,28). The molecule has 4 aromatic rings. The van der Waals surface area contributed by atoms with E-state index in [1.54, 1.807) is 25.1 Å². The van der Waals surface area contributed by atoms with Crippen LogP contribution in [0.1, 0.15) is 21.5 Å². The van der Waals surface area contributed by atoms with Gasteiger partial charge in [0.1, 0.15) is 0 Å². The summed E-state index contributed by atoms with van der Waals surface area (Å²) >= 11 is 0. The topological polar surface area (TPSA) is 85.1 Å². The van der Waals surface area contributed by atoms with Gasteiger partial charge in [0.05, 0.1) is 21.7 Å². The fraction of sp³-hybridized carbons (Fsp3) is 0.0833. The highest BCUT2D eigenvalue weighted by Gasteiger charge is 2.17. The van der Waals surface area contributed by atoms with Gasteiger partial charge in [-0.2, -0.15) is 0 Å². The van der Waals surface area contributed by atoms with Gasteiger partial charge in [0.15, 0.2) is 0 Å². The number of carbonyl (C=O) groups excluding carboxylic acids is 1. The van der Waals surface area contributed by atoms with Crippen molar-refractivity contribution in [3.05, 3.63) is 99.6 Å². The maximum Gasteiger partial charge on any atom is 0.274 e. The predicted molar refractivity (Wildman–Crippen MR) is 118 cm³/mol. The number of carbonyl (C=O) groups is 1. The molecule has 1 aromatic heterocycles. The Hall–Kier alpha value is -4.06. The number of fused-ring (bicyclic) bond motifs is 1. The molecule has 148 valence electrons. The van der Waals surface area contributed by atoms with Gasteiger partial charge in [-0.3, -0.25) is 14.9 Å². The van der Waals surface area contributed by atoms with Crippen molar-refractivity contribution >= 4 is 28.2 Å². The van der Waals surface area contributed by atoms with Crippen molar-refractivity contribution in [2.75, 3.05) is 5.32 Å². The molecule has 0 aliphatic carbocycles. The van der Waals surface area contributed by atoms with Crippen LogP contribution in [0.25, 0.3) is 22.2 Å². The number of benzene rings is 3. The van der Waals surface area contributed by atoms with Crippen LogP contribution < -0.4 is 5.32 Å². The third kappa shape index (κ3) is 3.75. The van der Waals surface area contributed by atoms with Crippen LogP contribution in [0.5, 0.6) is 0 Å². The van der Waals surface area contributed by atoms with E-state index in [1.165, 1.54) is 6.07 Å². The monoisotopic (exact) mass is 397 g/mol. The average Bonchev–Trinajstić information content (AvgIpc) is 2.74. The van der Waals surface area contributed by atoms with Crippen LogP contribution in [-0.2, 0) is 0 Å². The zero-order chi connectivity index (χ0) is 21.3. The van der Waals surface area contributed by atoms with E-state index >= 15 is 0 Å². The lowest BCUT2D eigenvalue weighted by Gasteiger charge is -2.12. The number of nitrogens with one attached hydrogen (secondary N) is 1. The number of amides is 1. The molecule has 0 saturated heterocycles. The second kappa shape index (κ2) is 7.75. The average molecular weight is 397 g/mol. The molecule has 0 fully saturated rings. The lowest BCUT2D eigenvalue weighted by molar-refractivity contribution is -0.385. The molecule has 0 bridgehead atoms. The smallest absolute Gasteiger partial charge is 0.274 e. The van der Waals surface area contributed by atoms with Crippen LogP contribution in [0.15, 0.2) is 72.8 Å². The van der Waals surface area contributed by atoms with Crippen LogP contribution in [0.4, 0.5) is 11.4 Å². The maximum absolute atomic E-state index is 13.2. The molecule has 3 aromatic carbocycles. The third-order valence-electron chi connectivity index (χ3n) is 4.94. The zero-order valence-electron chi connectivity index (χ0n) is 16.5. The molecule has 0 unspecified atom stereocenters. The first-order valence-corrected chi connectivity index (χ1v) is 9.45. The zero-order valence-corrected chi connectivity index (χ0v) is 16.5. The molecule has 0 aliphatic heterocycles. The summed E-state index contributed by atoms with van der Waals surface area (Å²) < 4.78 is 0. The molecule has 0 radical (unpaired) electrons. The van der Waals surface area contributed by atoms with Crippen molar-refractivity contribution in [1.82, 2.24) is 4.98 Å². The van der Waals surface area contributed by atoms with E-state index in [0.29, 0.717) is 28.0 Å². The highest BCUT2D eigenvalue weighted by Crippen LogP contribution is 2.27. The Kier molecular flexibility index (Phi) is 4.98. The fourth-order valence-electron chi connectivity index (χ4n) is 3.37. The van der Waals surface area contributed by atoms with Crippen molar-refractivity contribution in [3.63, 3.8) is 0 Å². The van der Waals surface area contributed by atoms with Crippen molar-refractivity contribution in [2.24, 2.45) is 0 Å². The molecule has 0 spiro atoms. The second-order valence-electron chi connectivity index (χ2n) is 7.15. The number of hydrogen-bond donors (Lipinski definition) is 1. The summed E-state index contributed by atoms with van der Waals surface area (Å²) in [6.45, 7) is 3.62. The summed E-state index contributed by atoms with van der Waals surface area (Å²) in [6, 6.07) is 21.8. The van der Waals surface area contributed by atoms with Crippen molar-refractivity contribution in [2.45, 2.75) is 13.8 Å². The van der Waals surface area contributed by atoms with Crippen LogP contribution in [-0.4, -0.2) is 15.8 Å². The van der Waals surface area contributed by atoms with E-state index < -0.39 is 4.92 Å². The lowest BCUT2D eigenvalue weighted by atomic mass is 10.0. The van der Waals surface area contributed by atoms with Gasteiger partial charge in [-0.1, -0.05) is 48.0 Å². The van der Waals surface area contributed by atoms with Crippen molar-refractivity contribution in [1.29, 1.82) is 0 Å². The van der Waals surface area contributed by atoms with Crippen LogP contribution in [0, 0.1) is 24.0 Å². The highest BCUT2D eigenvalue weighted by atomic mass is 16.6. The van der Waals surface area contributed by atoms with Gasteiger partial charge in [-0.25, -0.2) is 4.98 Å². The number of anilines is 1. The van der Waals surface area contributed by atoms with Crippen LogP contribution >= 0.6 is 0 Å². The molecule has 4 rings (SSSR count). The minimum atomic E-state index is -0.455. The summed E-state index contributed by atoms with van der Waals surface area (Å²) in [7, 11) is 0. The molecule has 6 nitrogen and oxygen atoms in total. The SMILES string of the molecule is Cc1ccc2nc(-c3ccccc3)cc(C(=O)Nc3ccc(C)c([N+](=O)[O-])c3)c2c1. The Morgan fingerprint density at radius 1 is 0.967 bits per heavy atom. The van der Waals surface area contributed by atoms with E-state index in [4.69, 9.17) is 4.98 Å². The number of rotatable bonds is 4. The summed E-state index contributed by atoms with van der Waals surface area (Å²) in [5.74, 6) is -0.344.